The molecule has 1 fully saturated rings. The smallest absolute Gasteiger partial charge is 0.257 e. The van der Waals surface area contributed by atoms with Crippen LogP contribution in [0.15, 0.2) is 75.8 Å². The van der Waals surface area contributed by atoms with Gasteiger partial charge < -0.3 is 4.42 Å². The van der Waals surface area contributed by atoms with Crippen LogP contribution in [0, 0.1) is 5.92 Å². The molecule has 1 aromatic carbocycles. The Morgan fingerprint density at radius 1 is 1.06 bits per heavy atom. The first-order valence-electron chi connectivity index (χ1n) is 11.0. The average Bonchev–Trinajstić information content (AvgIpc) is 3.56. The van der Waals surface area contributed by atoms with Crippen molar-refractivity contribution in [1.82, 2.24) is 9.91 Å². The van der Waals surface area contributed by atoms with Crippen molar-refractivity contribution in [3.63, 3.8) is 0 Å². The van der Waals surface area contributed by atoms with Gasteiger partial charge in [-0.05, 0) is 67.4 Å². The number of amides is 1. The molecular formula is C25H27N3O2S. The molecule has 0 saturated carbocycles. The second kappa shape index (κ2) is 9.20. The SMILES string of the molecule is O=C(CN1CCC(Cc2ccccc2)CC1)N1N=C(c2ccco2)C[C@@H]1c1cccs1. The lowest BCUT2D eigenvalue weighted by Gasteiger charge is -2.32. The van der Waals surface area contributed by atoms with Crippen molar-refractivity contribution < 1.29 is 9.21 Å². The number of hydrogen-bond acceptors (Lipinski definition) is 5. The number of hydrazone groups is 1. The first-order chi connectivity index (χ1) is 15.3. The van der Waals surface area contributed by atoms with Gasteiger partial charge >= 0.3 is 0 Å². The highest BCUT2D eigenvalue weighted by molar-refractivity contribution is 7.10. The number of hydrogen-bond donors (Lipinski definition) is 0. The van der Waals surface area contributed by atoms with E-state index < -0.39 is 0 Å². The van der Waals surface area contributed by atoms with Crippen molar-refractivity contribution in [2.75, 3.05) is 19.6 Å². The molecule has 2 aliphatic heterocycles. The van der Waals surface area contributed by atoms with Crippen LogP contribution >= 0.6 is 11.3 Å². The summed E-state index contributed by atoms with van der Waals surface area (Å²) in [6, 6.07) is 18.6. The van der Waals surface area contributed by atoms with E-state index >= 15 is 0 Å². The fraction of sp³-hybridized carbons (Fsp3) is 0.360. The molecule has 1 saturated heterocycles. The van der Waals surface area contributed by atoms with Gasteiger partial charge in [0.1, 0.15) is 11.5 Å². The molecule has 1 atom stereocenters. The summed E-state index contributed by atoms with van der Waals surface area (Å²) >= 11 is 1.68. The highest BCUT2D eigenvalue weighted by atomic mass is 32.1. The van der Waals surface area contributed by atoms with Crippen molar-refractivity contribution >= 4 is 23.0 Å². The fourth-order valence-electron chi connectivity index (χ4n) is 4.59. The van der Waals surface area contributed by atoms with Gasteiger partial charge in [0, 0.05) is 11.3 Å². The van der Waals surface area contributed by atoms with Gasteiger partial charge in [-0.2, -0.15) is 5.10 Å². The Balaban J connectivity index is 1.21. The number of piperidine rings is 1. The molecule has 5 nitrogen and oxygen atoms in total. The third-order valence-corrected chi connectivity index (χ3v) is 7.25. The summed E-state index contributed by atoms with van der Waals surface area (Å²) in [5, 5.41) is 8.44. The Bertz CT molecular complexity index is 1010. The van der Waals surface area contributed by atoms with Gasteiger partial charge in [-0.1, -0.05) is 36.4 Å². The zero-order valence-corrected chi connectivity index (χ0v) is 18.3. The molecule has 0 aliphatic carbocycles. The van der Waals surface area contributed by atoms with E-state index in [-0.39, 0.29) is 11.9 Å². The Hall–Kier alpha value is -2.70. The largest absolute Gasteiger partial charge is 0.463 e. The van der Waals surface area contributed by atoms with Crippen molar-refractivity contribution in [3.8, 4) is 0 Å². The molecule has 2 aromatic heterocycles. The summed E-state index contributed by atoms with van der Waals surface area (Å²) in [4.78, 5) is 16.7. The van der Waals surface area contributed by atoms with E-state index in [0.717, 1.165) is 43.8 Å². The molecule has 0 bridgehead atoms. The van der Waals surface area contributed by atoms with Crippen LogP contribution in [0.25, 0.3) is 0 Å². The maximum atomic E-state index is 13.3. The number of carbonyl (C=O) groups is 1. The summed E-state index contributed by atoms with van der Waals surface area (Å²) in [6.07, 6.45) is 5.75. The number of carbonyl (C=O) groups excluding carboxylic acids is 1. The molecule has 2 aliphatic rings. The monoisotopic (exact) mass is 433 g/mol. The first-order valence-corrected chi connectivity index (χ1v) is 11.9. The van der Waals surface area contributed by atoms with Crippen LogP contribution in [0.2, 0.25) is 0 Å². The van der Waals surface area contributed by atoms with E-state index in [1.165, 1.54) is 10.4 Å². The lowest BCUT2D eigenvalue weighted by atomic mass is 9.90. The van der Waals surface area contributed by atoms with Crippen molar-refractivity contribution in [2.45, 2.75) is 31.7 Å². The summed E-state index contributed by atoms with van der Waals surface area (Å²) in [7, 11) is 0. The summed E-state index contributed by atoms with van der Waals surface area (Å²) in [6.45, 7) is 2.36. The van der Waals surface area contributed by atoms with Crippen molar-refractivity contribution in [1.29, 1.82) is 0 Å². The quantitative estimate of drug-likeness (QED) is 0.551. The molecule has 31 heavy (non-hydrogen) atoms. The van der Waals surface area contributed by atoms with Gasteiger partial charge in [-0.3, -0.25) is 9.69 Å². The van der Waals surface area contributed by atoms with Crippen LogP contribution in [-0.2, 0) is 11.2 Å². The summed E-state index contributed by atoms with van der Waals surface area (Å²) in [5.41, 5.74) is 2.26. The minimum atomic E-state index is -0.0387. The molecule has 0 spiro atoms. The second-order valence-electron chi connectivity index (χ2n) is 8.41. The lowest BCUT2D eigenvalue weighted by molar-refractivity contribution is -0.134. The minimum Gasteiger partial charge on any atom is -0.463 e. The molecule has 5 rings (SSSR count). The van der Waals surface area contributed by atoms with E-state index in [9.17, 15) is 4.79 Å². The minimum absolute atomic E-state index is 0.0387. The highest BCUT2D eigenvalue weighted by Gasteiger charge is 2.35. The van der Waals surface area contributed by atoms with Crippen LogP contribution in [0.1, 0.15) is 41.5 Å². The Morgan fingerprint density at radius 3 is 2.61 bits per heavy atom. The Labute approximate surface area is 187 Å². The number of rotatable bonds is 6. The van der Waals surface area contributed by atoms with Crippen LogP contribution in [0.3, 0.4) is 0 Å². The van der Waals surface area contributed by atoms with E-state index in [1.54, 1.807) is 22.6 Å². The van der Waals surface area contributed by atoms with E-state index in [0.29, 0.717) is 18.9 Å². The Morgan fingerprint density at radius 2 is 1.90 bits per heavy atom. The van der Waals surface area contributed by atoms with E-state index in [1.807, 2.05) is 18.2 Å². The van der Waals surface area contributed by atoms with Gasteiger partial charge in [-0.15, -0.1) is 11.3 Å². The van der Waals surface area contributed by atoms with E-state index in [4.69, 9.17) is 9.52 Å². The fourth-order valence-corrected chi connectivity index (χ4v) is 5.41. The maximum absolute atomic E-state index is 13.3. The van der Waals surface area contributed by atoms with Gasteiger partial charge in [0.15, 0.2) is 0 Å². The van der Waals surface area contributed by atoms with Crippen LogP contribution in [-0.4, -0.2) is 41.2 Å². The number of furan rings is 1. The zero-order chi connectivity index (χ0) is 21.0. The number of benzene rings is 1. The molecule has 6 heteroatoms. The van der Waals surface area contributed by atoms with Gasteiger partial charge in [0.2, 0.25) is 0 Å². The standard InChI is InChI=1S/C25H27N3O2S/c29-25(18-27-12-10-20(11-13-27)16-19-6-2-1-3-7-19)28-22(24-9-5-15-31-24)17-21(26-28)23-8-4-14-30-23/h1-9,14-15,20,22H,10-13,16-18H2/t22-/m1/s1. The molecule has 0 radical (unpaired) electrons. The summed E-state index contributed by atoms with van der Waals surface area (Å²) in [5.74, 6) is 1.52. The van der Waals surface area contributed by atoms with E-state index in [2.05, 4.69) is 46.7 Å². The molecule has 3 aromatic rings. The average molecular weight is 434 g/mol. The van der Waals surface area contributed by atoms with Gasteiger partial charge in [-0.25, -0.2) is 5.01 Å². The molecule has 1 amide bonds. The number of likely N-dealkylation sites (tertiary alicyclic amines) is 1. The Kier molecular flexibility index (Phi) is 6.00. The molecule has 0 unspecified atom stereocenters. The molecule has 0 N–H and O–H groups in total. The molecule has 4 heterocycles. The normalized spacial score (nSPS) is 20.2. The third-order valence-electron chi connectivity index (χ3n) is 6.28. The topological polar surface area (TPSA) is 49.1 Å². The van der Waals surface area contributed by atoms with Gasteiger partial charge in [0.05, 0.1) is 18.8 Å². The number of thiophene rings is 1. The second-order valence-corrected chi connectivity index (χ2v) is 9.39. The predicted molar refractivity (Wildman–Crippen MR) is 123 cm³/mol. The van der Waals surface area contributed by atoms with Crippen LogP contribution < -0.4 is 0 Å². The third kappa shape index (κ3) is 4.65. The first kappa shape index (κ1) is 20.2. The van der Waals surface area contributed by atoms with Crippen LogP contribution in [0.5, 0.6) is 0 Å². The molecule has 160 valence electrons. The number of nitrogens with zero attached hydrogens (tertiary/aromatic N) is 3. The zero-order valence-electron chi connectivity index (χ0n) is 17.5. The molecular weight excluding hydrogens is 406 g/mol. The highest BCUT2D eigenvalue weighted by Crippen LogP contribution is 2.35. The van der Waals surface area contributed by atoms with Gasteiger partial charge in [0.25, 0.3) is 5.91 Å². The summed E-state index contributed by atoms with van der Waals surface area (Å²) < 4.78 is 5.55. The predicted octanol–water partition coefficient (Wildman–Crippen LogP) is 4.97. The van der Waals surface area contributed by atoms with Crippen LogP contribution in [0.4, 0.5) is 0 Å². The van der Waals surface area contributed by atoms with Crippen molar-refractivity contribution in [2.24, 2.45) is 11.0 Å². The maximum Gasteiger partial charge on any atom is 0.257 e. The lowest BCUT2D eigenvalue weighted by Crippen LogP contribution is -2.42. The van der Waals surface area contributed by atoms with Crippen molar-refractivity contribution in [3.05, 3.63) is 82.4 Å².